The van der Waals surface area contributed by atoms with E-state index >= 15 is 0 Å². The number of hydrogen-bond acceptors (Lipinski definition) is 2. The van der Waals surface area contributed by atoms with Crippen LogP contribution in [0, 0.1) is 5.82 Å². The minimum Gasteiger partial charge on any atom is -0.507 e. The molecule has 1 aromatic rings. The van der Waals surface area contributed by atoms with Gasteiger partial charge in [0.25, 0.3) is 5.91 Å². The van der Waals surface area contributed by atoms with Gasteiger partial charge in [-0.25, -0.2) is 4.39 Å². The molecule has 0 aliphatic carbocycles. The van der Waals surface area contributed by atoms with E-state index in [2.05, 4.69) is 0 Å². The van der Waals surface area contributed by atoms with Gasteiger partial charge >= 0.3 is 0 Å². The van der Waals surface area contributed by atoms with Gasteiger partial charge in [0.2, 0.25) is 0 Å². The first-order chi connectivity index (χ1) is 8.60. The highest BCUT2D eigenvalue weighted by Crippen LogP contribution is 2.20. The maximum atomic E-state index is 12.9. The fourth-order valence-corrected chi connectivity index (χ4v) is 1.83. The minimum atomic E-state index is -0.568. The molecule has 0 fully saturated rings. The first-order valence-electron chi connectivity index (χ1n) is 5.94. The molecule has 1 aromatic carbocycles. The van der Waals surface area contributed by atoms with E-state index in [1.807, 2.05) is 6.92 Å². The van der Waals surface area contributed by atoms with Gasteiger partial charge in [-0.1, -0.05) is 13.3 Å². The van der Waals surface area contributed by atoms with Crippen LogP contribution < -0.4 is 0 Å². The second kappa shape index (κ2) is 7.21. The summed E-state index contributed by atoms with van der Waals surface area (Å²) in [6.07, 6.45) is 1.83. The lowest BCUT2D eigenvalue weighted by Crippen LogP contribution is -2.33. The van der Waals surface area contributed by atoms with Crippen LogP contribution in [-0.4, -0.2) is 34.9 Å². The molecule has 0 spiro atoms. The van der Waals surface area contributed by atoms with E-state index in [4.69, 9.17) is 11.6 Å². The molecule has 0 saturated carbocycles. The fourth-order valence-electron chi connectivity index (χ4n) is 1.62. The summed E-state index contributed by atoms with van der Waals surface area (Å²) in [5.41, 5.74) is 0.109. The average molecular weight is 274 g/mol. The molecule has 0 saturated heterocycles. The summed E-state index contributed by atoms with van der Waals surface area (Å²) in [5, 5.41) is 9.58. The number of rotatable bonds is 6. The fraction of sp³-hybridized carbons (Fsp3) is 0.462. The van der Waals surface area contributed by atoms with Gasteiger partial charge in [-0.2, -0.15) is 0 Å². The average Bonchev–Trinajstić information content (AvgIpc) is 2.33. The molecule has 3 nitrogen and oxygen atoms in total. The molecule has 5 heteroatoms. The Hall–Kier alpha value is -1.29. The second-order valence-electron chi connectivity index (χ2n) is 4.00. The molecule has 0 unspecified atom stereocenters. The van der Waals surface area contributed by atoms with Gasteiger partial charge in [-0.05, 0) is 18.6 Å². The van der Waals surface area contributed by atoms with Crippen LogP contribution in [-0.2, 0) is 0 Å². The number of carbonyl (C=O) groups is 1. The molecule has 100 valence electrons. The lowest BCUT2D eigenvalue weighted by Gasteiger charge is -2.21. The Kier molecular flexibility index (Phi) is 5.92. The van der Waals surface area contributed by atoms with E-state index in [1.54, 1.807) is 4.90 Å². The normalized spacial score (nSPS) is 10.4. The summed E-state index contributed by atoms with van der Waals surface area (Å²) in [7, 11) is 0. The van der Waals surface area contributed by atoms with Gasteiger partial charge in [0, 0.05) is 25.0 Å². The van der Waals surface area contributed by atoms with Gasteiger partial charge < -0.3 is 10.0 Å². The maximum absolute atomic E-state index is 12.9. The molecule has 0 aromatic heterocycles. The summed E-state index contributed by atoms with van der Waals surface area (Å²) in [6.45, 7) is 3.02. The zero-order valence-corrected chi connectivity index (χ0v) is 11.1. The molecule has 0 heterocycles. The topological polar surface area (TPSA) is 40.5 Å². The zero-order chi connectivity index (χ0) is 13.5. The Balaban J connectivity index is 2.87. The number of carbonyl (C=O) groups excluding carboxylic acids is 1. The lowest BCUT2D eigenvalue weighted by molar-refractivity contribution is 0.0760. The highest BCUT2D eigenvalue weighted by atomic mass is 35.5. The number of nitrogens with zero attached hydrogens (tertiary/aromatic N) is 1. The van der Waals surface area contributed by atoms with Crippen molar-refractivity contribution >= 4 is 17.5 Å². The second-order valence-corrected chi connectivity index (χ2v) is 4.37. The van der Waals surface area contributed by atoms with E-state index < -0.39 is 5.82 Å². The third-order valence-electron chi connectivity index (χ3n) is 2.61. The lowest BCUT2D eigenvalue weighted by atomic mass is 10.1. The van der Waals surface area contributed by atoms with Crippen molar-refractivity contribution in [3.05, 3.63) is 29.6 Å². The van der Waals surface area contributed by atoms with Crippen molar-refractivity contribution in [3.63, 3.8) is 0 Å². The van der Waals surface area contributed by atoms with Gasteiger partial charge in [0.15, 0.2) is 0 Å². The largest absolute Gasteiger partial charge is 0.507 e. The van der Waals surface area contributed by atoms with E-state index in [9.17, 15) is 14.3 Å². The number of phenols is 1. The summed E-state index contributed by atoms with van der Waals surface area (Å²) in [4.78, 5) is 13.7. The van der Waals surface area contributed by atoms with Gasteiger partial charge in [-0.3, -0.25) is 4.79 Å². The molecule has 1 amide bonds. The standard InChI is InChI=1S/C13H17ClFNO2/c1-2-3-7-16(8-6-14)13(18)11-5-4-10(15)9-12(11)17/h4-5,9,17H,2-3,6-8H2,1H3. The number of phenolic OH excluding ortho intramolecular Hbond substituents is 1. The van der Waals surface area contributed by atoms with Gasteiger partial charge in [-0.15, -0.1) is 11.6 Å². The van der Waals surface area contributed by atoms with Crippen LogP contribution in [0.3, 0.4) is 0 Å². The van der Waals surface area contributed by atoms with Crippen LogP contribution >= 0.6 is 11.6 Å². The van der Waals surface area contributed by atoms with Crippen molar-refractivity contribution in [2.75, 3.05) is 19.0 Å². The van der Waals surface area contributed by atoms with E-state index in [0.717, 1.165) is 25.0 Å². The van der Waals surface area contributed by atoms with Crippen molar-refractivity contribution in [2.45, 2.75) is 19.8 Å². The highest BCUT2D eigenvalue weighted by molar-refractivity contribution is 6.18. The molecular weight excluding hydrogens is 257 g/mol. The Labute approximate surface area is 111 Å². The van der Waals surface area contributed by atoms with Crippen molar-refractivity contribution in [1.82, 2.24) is 4.90 Å². The SMILES string of the molecule is CCCCN(CCCl)C(=O)c1ccc(F)cc1O. The molecule has 0 atom stereocenters. The first-order valence-corrected chi connectivity index (χ1v) is 6.47. The summed E-state index contributed by atoms with van der Waals surface area (Å²) < 4.78 is 12.9. The number of amides is 1. The Morgan fingerprint density at radius 1 is 1.44 bits per heavy atom. The molecule has 0 bridgehead atoms. The summed E-state index contributed by atoms with van der Waals surface area (Å²) in [5.74, 6) is -0.892. The molecule has 18 heavy (non-hydrogen) atoms. The number of halogens is 2. The minimum absolute atomic E-state index is 0.109. The van der Waals surface area contributed by atoms with Crippen molar-refractivity contribution < 1.29 is 14.3 Å². The van der Waals surface area contributed by atoms with Crippen LogP contribution in [0.1, 0.15) is 30.1 Å². The van der Waals surface area contributed by atoms with Crippen LogP contribution in [0.15, 0.2) is 18.2 Å². The predicted molar refractivity (Wildman–Crippen MR) is 69.6 cm³/mol. The number of aromatic hydroxyl groups is 1. The zero-order valence-electron chi connectivity index (χ0n) is 10.3. The molecule has 1 rings (SSSR count). The maximum Gasteiger partial charge on any atom is 0.257 e. The van der Waals surface area contributed by atoms with Crippen molar-refractivity contribution in [3.8, 4) is 5.75 Å². The highest BCUT2D eigenvalue weighted by Gasteiger charge is 2.18. The number of hydrogen-bond donors (Lipinski definition) is 1. The molecule has 0 aliphatic heterocycles. The van der Waals surface area contributed by atoms with Crippen LogP contribution in [0.2, 0.25) is 0 Å². The quantitative estimate of drug-likeness (QED) is 0.810. The number of benzene rings is 1. The molecular formula is C13H17ClFNO2. The number of alkyl halides is 1. The van der Waals surface area contributed by atoms with Gasteiger partial charge in [0.05, 0.1) is 5.56 Å². The summed E-state index contributed by atoms with van der Waals surface area (Å²) >= 11 is 5.66. The van der Waals surface area contributed by atoms with E-state index in [0.29, 0.717) is 19.0 Å². The molecule has 0 aliphatic rings. The smallest absolute Gasteiger partial charge is 0.257 e. The Bertz CT molecular complexity index is 412. The predicted octanol–water partition coefficient (Wildman–Crippen LogP) is 3.01. The molecule has 1 N–H and O–H groups in total. The van der Waals surface area contributed by atoms with Gasteiger partial charge in [0.1, 0.15) is 11.6 Å². The van der Waals surface area contributed by atoms with Crippen LogP contribution in [0.25, 0.3) is 0 Å². The Morgan fingerprint density at radius 2 is 2.17 bits per heavy atom. The van der Waals surface area contributed by atoms with Crippen LogP contribution in [0.5, 0.6) is 5.75 Å². The monoisotopic (exact) mass is 273 g/mol. The van der Waals surface area contributed by atoms with Crippen LogP contribution in [0.4, 0.5) is 4.39 Å². The number of unbranched alkanes of at least 4 members (excludes halogenated alkanes) is 1. The first kappa shape index (κ1) is 14.8. The third kappa shape index (κ3) is 3.88. The third-order valence-corrected chi connectivity index (χ3v) is 2.78. The van der Waals surface area contributed by atoms with E-state index in [1.165, 1.54) is 6.07 Å². The summed E-state index contributed by atoms with van der Waals surface area (Å²) in [6, 6.07) is 3.39. The van der Waals surface area contributed by atoms with E-state index in [-0.39, 0.29) is 17.2 Å². The molecule has 0 radical (unpaired) electrons. The Morgan fingerprint density at radius 3 is 2.72 bits per heavy atom. The van der Waals surface area contributed by atoms with Crippen molar-refractivity contribution in [2.24, 2.45) is 0 Å². The van der Waals surface area contributed by atoms with Crippen molar-refractivity contribution in [1.29, 1.82) is 0 Å².